The molecule has 0 bridgehead atoms. The van der Waals surface area contributed by atoms with E-state index in [-0.39, 0.29) is 5.78 Å². The lowest BCUT2D eigenvalue weighted by molar-refractivity contribution is 0.100. The van der Waals surface area contributed by atoms with Crippen LogP contribution in [0, 0.1) is 13.8 Å². The Hall–Kier alpha value is -2.39. The van der Waals surface area contributed by atoms with Crippen LogP contribution >= 0.6 is 15.9 Å². The van der Waals surface area contributed by atoms with E-state index in [1.54, 1.807) is 0 Å². The Labute approximate surface area is 157 Å². The van der Waals surface area contributed by atoms with Crippen molar-refractivity contribution in [1.29, 1.82) is 0 Å². The van der Waals surface area contributed by atoms with Crippen LogP contribution in [0.25, 0.3) is 0 Å². The zero-order valence-corrected chi connectivity index (χ0v) is 16.0. The second-order valence-electron chi connectivity index (χ2n) is 6.19. The van der Waals surface area contributed by atoms with E-state index in [2.05, 4.69) is 83.2 Å². The van der Waals surface area contributed by atoms with Crippen LogP contribution in [0.1, 0.15) is 21.5 Å². The van der Waals surface area contributed by atoms with E-state index in [1.807, 2.05) is 24.3 Å². The highest BCUT2D eigenvalue weighted by atomic mass is 79.9. The van der Waals surface area contributed by atoms with Gasteiger partial charge >= 0.3 is 0 Å². The molecule has 0 amide bonds. The number of nitrogens with zero attached hydrogens (tertiary/aromatic N) is 1. The third-order valence-corrected chi connectivity index (χ3v) is 4.69. The summed E-state index contributed by atoms with van der Waals surface area (Å²) in [6.45, 7) is 4.42. The first kappa shape index (κ1) is 17.4. The third-order valence-electron chi connectivity index (χ3n) is 4.16. The summed E-state index contributed by atoms with van der Waals surface area (Å²) in [6.07, 6.45) is 0. The lowest BCUT2D eigenvalue weighted by Gasteiger charge is -2.25. The molecule has 0 fully saturated rings. The number of carbonyl (C=O) groups excluding carboxylic acids is 1. The van der Waals surface area contributed by atoms with Gasteiger partial charge in [-0.15, -0.1) is 0 Å². The van der Waals surface area contributed by atoms with Gasteiger partial charge in [0.05, 0.1) is 6.54 Å². The van der Waals surface area contributed by atoms with Gasteiger partial charge in [-0.25, -0.2) is 0 Å². The Morgan fingerprint density at radius 1 is 0.760 bits per heavy atom. The lowest BCUT2D eigenvalue weighted by atomic mass is 10.1. The molecule has 2 nitrogen and oxygen atoms in total. The summed E-state index contributed by atoms with van der Waals surface area (Å²) in [7, 11) is 0. The zero-order valence-electron chi connectivity index (χ0n) is 14.4. The molecule has 0 radical (unpaired) electrons. The van der Waals surface area contributed by atoms with Crippen molar-refractivity contribution < 1.29 is 4.79 Å². The summed E-state index contributed by atoms with van der Waals surface area (Å²) in [6, 6.07) is 24.0. The normalized spacial score (nSPS) is 10.5. The van der Waals surface area contributed by atoms with Crippen LogP contribution < -0.4 is 4.90 Å². The average Bonchev–Trinajstić information content (AvgIpc) is 2.62. The number of hydrogen-bond donors (Lipinski definition) is 0. The molecule has 3 rings (SSSR count). The molecule has 0 heterocycles. The largest absolute Gasteiger partial charge is 0.334 e. The summed E-state index contributed by atoms with van der Waals surface area (Å²) < 4.78 is 0.970. The number of aryl methyl sites for hydroxylation is 2. The van der Waals surface area contributed by atoms with Crippen molar-refractivity contribution in [3.05, 3.63) is 94.0 Å². The molecule has 0 aromatic heterocycles. The highest BCUT2D eigenvalue weighted by Crippen LogP contribution is 2.26. The van der Waals surface area contributed by atoms with Crippen LogP contribution in [0.15, 0.2) is 77.3 Å². The Balaban J connectivity index is 1.93. The minimum Gasteiger partial charge on any atom is -0.334 e. The average molecular weight is 394 g/mol. The van der Waals surface area contributed by atoms with Crippen molar-refractivity contribution in [1.82, 2.24) is 0 Å². The van der Waals surface area contributed by atoms with E-state index in [9.17, 15) is 4.79 Å². The highest BCUT2D eigenvalue weighted by molar-refractivity contribution is 9.10. The van der Waals surface area contributed by atoms with E-state index in [4.69, 9.17) is 0 Å². The van der Waals surface area contributed by atoms with Crippen LogP contribution in [-0.4, -0.2) is 12.3 Å². The quantitative estimate of drug-likeness (QED) is 0.489. The first-order chi connectivity index (χ1) is 12.0. The van der Waals surface area contributed by atoms with Gasteiger partial charge in [0, 0.05) is 21.4 Å². The maximum absolute atomic E-state index is 12.8. The molecule has 126 valence electrons. The van der Waals surface area contributed by atoms with Gasteiger partial charge < -0.3 is 4.90 Å². The molecular formula is C22H20BrNO. The van der Waals surface area contributed by atoms with E-state index in [0.29, 0.717) is 12.1 Å². The molecular weight excluding hydrogens is 374 g/mol. The molecule has 3 aromatic carbocycles. The number of hydrogen-bond acceptors (Lipinski definition) is 2. The molecule has 0 saturated heterocycles. The van der Waals surface area contributed by atoms with Crippen molar-refractivity contribution >= 4 is 33.1 Å². The number of carbonyl (C=O) groups is 1. The van der Waals surface area contributed by atoms with Crippen molar-refractivity contribution in [2.75, 3.05) is 11.4 Å². The zero-order chi connectivity index (χ0) is 17.8. The number of anilines is 2. The van der Waals surface area contributed by atoms with Gasteiger partial charge in [0.1, 0.15) is 0 Å². The van der Waals surface area contributed by atoms with Gasteiger partial charge in [-0.1, -0.05) is 63.5 Å². The molecule has 0 spiro atoms. The van der Waals surface area contributed by atoms with Gasteiger partial charge in [-0.3, -0.25) is 4.79 Å². The first-order valence-corrected chi connectivity index (χ1v) is 9.02. The molecule has 0 unspecified atom stereocenters. The standard InChI is InChI=1S/C22H20BrNO/c1-16-3-11-20(12-4-16)24(21-13-5-17(2)6-14-21)15-22(25)18-7-9-19(23)10-8-18/h3-14H,15H2,1-2H3. The SMILES string of the molecule is Cc1ccc(N(CC(=O)c2ccc(Br)cc2)c2ccc(C)cc2)cc1. The fourth-order valence-corrected chi connectivity index (χ4v) is 2.92. The Kier molecular flexibility index (Phi) is 5.34. The highest BCUT2D eigenvalue weighted by Gasteiger charge is 2.15. The molecule has 0 saturated carbocycles. The van der Waals surface area contributed by atoms with E-state index < -0.39 is 0 Å². The van der Waals surface area contributed by atoms with Crippen LogP contribution in [0.4, 0.5) is 11.4 Å². The lowest BCUT2D eigenvalue weighted by Crippen LogP contribution is -2.25. The number of ketones is 1. The van der Waals surface area contributed by atoms with Crippen LogP contribution in [0.3, 0.4) is 0 Å². The van der Waals surface area contributed by atoms with Crippen molar-refractivity contribution in [2.45, 2.75) is 13.8 Å². The summed E-state index contributed by atoms with van der Waals surface area (Å²) in [5, 5.41) is 0. The topological polar surface area (TPSA) is 20.3 Å². The summed E-state index contributed by atoms with van der Waals surface area (Å²) in [5.74, 6) is 0.0913. The number of benzene rings is 3. The maximum Gasteiger partial charge on any atom is 0.182 e. The predicted molar refractivity (Wildman–Crippen MR) is 108 cm³/mol. The summed E-state index contributed by atoms with van der Waals surface area (Å²) >= 11 is 3.41. The van der Waals surface area contributed by atoms with Gasteiger partial charge in [0.25, 0.3) is 0 Å². The Bertz CT molecular complexity index is 807. The van der Waals surface area contributed by atoms with Gasteiger partial charge in [0.2, 0.25) is 0 Å². The van der Waals surface area contributed by atoms with Crippen LogP contribution in [-0.2, 0) is 0 Å². The Morgan fingerprint density at radius 3 is 1.64 bits per heavy atom. The summed E-state index contributed by atoms with van der Waals surface area (Å²) in [4.78, 5) is 14.8. The Morgan fingerprint density at radius 2 is 1.20 bits per heavy atom. The van der Waals surface area contributed by atoms with Gasteiger partial charge in [-0.05, 0) is 50.2 Å². The second-order valence-corrected chi connectivity index (χ2v) is 7.10. The van der Waals surface area contributed by atoms with E-state index >= 15 is 0 Å². The second kappa shape index (κ2) is 7.66. The molecule has 0 atom stereocenters. The molecule has 25 heavy (non-hydrogen) atoms. The molecule has 0 aliphatic carbocycles. The fraction of sp³-hybridized carbons (Fsp3) is 0.136. The van der Waals surface area contributed by atoms with Crippen LogP contribution in [0.2, 0.25) is 0 Å². The fourth-order valence-electron chi connectivity index (χ4n) is 2.65. The first-order valence-electron chi connectivity index (χ1n) is 8.22. The van der Waals surface area contributed by atoms with Gasteiger partial charge in [-0.2, -0.15) is 0 Å². The monoisotopic (exact) mass is 393 g/mol. The van der Waals surface area contributed by atoms with E-state index in [1.165, 1.54) is 11.1 Å². The minimum absolute atomic E-state index is 0.0913. The van der Waals surface area contributed by atoms with E-state index in [0.717, 1.165) is 15.8 Å². The minimum atomic E-state index is 0.0913. The maximum atomic E-state index is 12.8. The molecule has 3 aromatic rings. The smallest absolute Gasteiger partial charge is 0.182 e. The predicted octanol–water partition coefficient (Wildman–Crippen LogP) is 6.09. The van der Waals surface area contributed by atoms with Crippen LogP contribution in [0.5, 0.6) is 0 Å². The number of rotatable bonds is 5. The number of Topliss-reactive ketones (excluding diaryl/α,β-unsaturated/α-hetero) is 1. The molecule has 0 aliphatic heterocycles. The number of halogens is 1. The third kappa shape index (κ3) is 4.37. The van der Waals surface area contributed by atoms with Gasteiger partial charge in [0.15, 0.2) is 5.78 Å². The van der Waals surface area contributed by atoms with Crippen molar-refractivity contribution in [3.63, 3.8) is 0 Å². The van der Waals surface area contributed by atoms with Crippen molar-refractivity contribution in [3.8, 4) is 0 Å². The molecule has 0 N–H and O–H groups in total. The molecule has 3 heteroatoms. The van der Waals surface area contributed by atoms with Crippen molar-refractivity contribution in [2.24, 2.45) is 0 Å². The molecule has 0 aliphatic rings. The summed E-state index contributed by atoms with van der Waals surface area (Å²) in [5.41, 5.74) is 5.14.